The van der Waals surface area contributed by atoms with Crippen molar-refractivity contribution in [2.75, 3.05) is 40.3 Å². The van der Waals surface area contributed by atoms with Crippen LogP contribution in [0.3, 0.4) is 0 Å². The first-order valence-corrected chi connectivity index (χ1v) is 13.4. The number of nitrogens with one attached hydrogen (secondary N) is 2. The van der Waals surface area contributed by atoms with Gasteiger partial charge in [-0.2, -0.15) is 18.1 Å². The quantitative estimate of drug-likeness (QED) is 0.390. The van der Waals surface area contributed by atoms with Crippen LogP contribution in [0.4, 0.5) is 13.2 Å². The van der Waals surface area contributed by atoms with Gasteiger partial charge in [-0.3, -0.25) is 9.79 Å². The minimum atomic E-state index is -5.08. The lowest BCUT2D eigenvalue weighted by Gasteiger charge is -2.24. The van der Waals surface area contributed by atoms with Gasteiger partial charge >= 0.3 is 12.1 Å². The number of hydrogen-bond acceptors (Lipinski definition) is 9. The van der Waals surface area contributed by atoms with Crippen LogP contribution in [0.15, 0.2) is 64.4 Å². The van der Waals surface area contributed by atoms with Gasteiger partial charge in [-0.1, -0.05) is 24.3 Å². The smallest absolute Gasteiger partial charge is 0.475 e. The topological polar surface area (TPSA) is 144 Å². The third-order valence-electron chi connectivity index (χ3n) is 5.94. The second kappa shape index (κ2) is 13.0. The van der Waals surface area contributed by atoms with Crippen LogP contribution in [0.1, 0.15) is 17.5 Å². The molecular formula is C24H29F3N6O6S. The number of carboxylic acid groups (broad SMARTS) is 1. The standard InChI is InChI=1S/C22H28N6O4S.C2HF3O2/c1-26(14-9-17-5-7-18(8-6-17)22-23-11-12-24-22)21(29)10-15-27(2)33(30,31)20-4-3-13-28-19(20)16-25-32-28;3-2(4,5)1(6)7/h3-8,13,16,25H,9-12,14-15H2,1-2H3,(H,23,24);(H,6,7). The molecular weight excluding hydrogens is 557 g/mol. The van der Waals surface area contributed by atoms with E-state index in [1.807, 2.05) is 24.3 Å². The molecule has 0 radical (unpaired) electrons. The van der Waals surface area contributed by atoms with Gasteiger partial charge in [0.2, 0.25) is 15.9 Å². The first kappa shape index (κ1) is 30.6. The molecule has 0 fully saturated rings. The summed E-state index contributed by atoms with van der Waals surface area (Å²) in [6, 6.07) is 8.15. The molecule has 0 unspecified atom stereocenters. The number of amidine groups is 1. The van der Waals surface area contributed by atoms with Crippen molar-refractivity contribution in [1.82, 2.24) is 25.1 Å². The Morgan fingerprint density at radius 3 is 2.45 bits per heavy atom. The number of rotatable bonds is 9. The molecule has 218 valence electrons. The maximum Gasteiger partial charge on any atom is 0.490 e. The molecule has 0 saturated heterocycles. The van der Waals surface area contributed by atoms with Crippen molar-refractivity contribution in [2.24, 2.45) is 4.99 Å². The van der Waals surface area contributed by atoms with Gasteiger partial charge in [0.15, 0.2) is 0 Å². The number of alkyl halides is 3. The molecule has 0 aromatic heterocycles. The molecule has 0 saturated carbocycles. The van der Waals surface area contributed by atoms with Crippen LogP contribution in [0.5, 0.6) is 0 Å². The second-order valence-electron chi connectivity index (χ2n) is 8.74. The zero-order chi connectivity index (χ0) is 29.5. The van der Waals surface area contributed by atoms with Gasteiger partial charge in [0.05, 0.1) is 12.7 Å². The van der Waals surface area contributed by atoms with Crippen LogP contribution in [0, 0.1) is 0 Å². The van der Waals surface area contributed by atoms with Crippen LogP contribution in [-0.4, -0.2) is 92.0 Å². The summed E-state index contributed by atoms with van der Waals surface area (Å²) in [5, 5.41) is 11.7. The van der Waals surface area contributed by atoms with Crippen molar-refractivity contribution in [3.63, 3.8) is 0 Å². The number of benzene rings is 1. The molecule has 3 aliphatic heterocycles. The Balaban J connectivity index is 0.000000559. The average molecular weight is 587 g/mol. The van der Waals surface area contributed by atoms with Gasteiger partial charge in [-0.05, 0) is 24.1 Å². The molecule has 40 heavy (non-hydrogen) atoms. The maximum atomic E-state index is 13.0. The normalized spacial score (nSPS) is 16.1. The van der Waals surface area contributed by atoms with Crippen LogP contribution in [0.2, 0.25) is 0 Å². The third kappa shape index (κ3) is 7.83. The minimum absolute atomic E-state index is 0.0813. The van der Waals surface area contributed by atoms with E-state index in [4.69, 9.17) is 14.8 Å². The van der Waals surface area contributed by atoms with Crippen molar-refractivity contribution in [2.45, 2.75) is 19.0 Å². The van der Waals surface area contributed by atoms with Crippen molar-refractivity contribution in [1.29, 1.82) is 0 Å². The van der Waals surface area contributed by atoms with Gasteiger partial charge < -0.3 is 15.3 Å². The Kier molecular flexibility index (Phi) is 9.94. The van der Waals surface area contributed by atoms with Crippen LogP contribution >= 0.6 is 0 Å². The maximum absolute atomic E-state index is 13.0. The van der Waals surface area contributed by atoms with Crippen LogP contribution in [0.25, 0.3) is 0 Å². The summed E-state index contributed by atoms with van der Waals surface area (Å²) < 4.78 is 58.9. The Hall–Kier alpha value is -3.89. The SMILES string of the molecule is CN(CCc1ccc(C2=NCCN2)cc1)C(=O)CCN(C)S(=O)(=O)C1=CC=CN2ONC=C12.O=C(O)C(F)(F)F. The summed E-state index contributed by atoms with van der Waals surface area (Å²) in [7, 11) is -0.566. The molecule has 0 atom stereocenters. The number of halogens is 3. The Morgan fingerprint density at radius 1 is 1.18 bits per heavy atom. The van der Waals surface area contributed by atoms with Gasteiger partial charge in [-0.15, -0.1) is 0 Å². The monoisotopic (exact) mass is 586 g/mol. The Morgan fingerprint density at radius 2 is 1.85 bits per heavy atom. The van der Waals surface area contributed by atoms with Crippen molar-refractivity contribution in [3.05, 3.63) is 70.5 Å². The van der Waals surface area contributed by atoms with Crippen molar-refractivity contribution >= 4 is 27.7 Å². The zero-order valence-electron chi connectivity index (χ0n) is 21.7. The Labute approximate surface area is 229 Å². The first-order chi connectivity index (χ1) is 18.8. The highest BCUT2D eigenvalue weighted by Gasteiger charge is 2.38. The number of hydrogen-bond donors (Lipinski definition) is 3. The summed E-state index contributed by atoms with van der Waals surface area (Å²) >= 11 is 0. The molecule has 0 aliphatic carbocycles. The molecule has 4 rings (SSSR count). The lowest BCUT2D eigenvalue weighted by Crippen LogP contribution is -2.36. The third-order valence-corrected chi connectivity index (χ3v) is 7.84. The number of sulfonamides is 1. The number of aliphatic carboxylic acids is 1. The Bertz CT molecular complexity index is 1330. The molecule has 3 aliphatic rings. The van der Waals surface area contributed by atoms with E-state index in [1.165, 1.54) is 28.7 Å². The number of carbonyl (C=O) groups is 2. The number of amides is 1. The number of allylic oxidation sites excluding steroid dienone is 2. The number of fused-ring (bicyclic) bond motifs is 1. The molecule has 1 amide bonds. The molecule has 12 nitrogen and oxygen atoms in total. The molecule has 0 bridgehead atoms. The molecule has 1 aromatic carbocycles. The molecule has 1 aromatic rings. The van der Waals surface area contributed by atoms with Gasteiger partial charge in [0, 0.05) is 51.9 Å². The average Bonchev–Trinajstić information content (AvgIpc) is 3.62. The predicted molar refractivity (Wildman–Crippen MR) is 138 cm³/mol. The van der Waals surface area contributed by atoms with Gasteiger partial charge in [0.25, 0.3) is 0 Å². The van der Waals surface area contributed by atoms with E-state index in [1.54, 1.807) is 24.2 Å². The summed E-state index contributed by atoms with van der Waals surface area (Å²) in [6.07, 6.45) is 1.91. The number of nitrogens with zero attached hydrogens (tertiary/aromatic N) is 4. The highest BCUT2D eigenvalue weighted by molar-refractivity contribution is 7.93. The molecule has 3 heterocycles. The number of hydroxylamine groups is 3. The fourth-order valence-corrected chi connectivity index (χ4v) is 4.96. The lowest BCUT2D eigenvalue weighted by atomic mass is 10.1. The summed E-state index contributed by atoms with van der Waals surface area (Å²) in [4.78, 5) is 32.7. The highest BCUT2D eigenvalue weighted by atomic mass is 32.2. The first-order valence-electron chi connectivity index (χ1n) is 12.0. The largest absolute Gasteiger partial charge is 0.490 e. The van der Waals surface area contributed by atoms with E-state index in [9.17, 15) is 26.4 Å². The van der Waals surface area contributed by atoms with E-state index >= 15 is 0 Å². The zero-order valence-corrected chi connectivity index (χ0v) is 22.5. The van der Waals surface area contributed by atoms with Crippen molar-refractivity contribution in [3.8, 4) is 0 Å². The molecule has 0 spiro atoms. The van der Waals surface area contributed by atoms with E-state index in [0.29, 0.717) is 18.7 Å². The fraction of sp³-hybridized carbons (Fsp3) is 0.375. The number of carboxylic acids is 1. The van der Waals surface area contributed by atoms with E-state index in [2.05, 4.69) is 15.8 Å². The van der Waals surface area contributed by atoms with Crippen LogP contribution in [-0.2, 0) is 31.0 Å². The summed E-state index contributed by atoms with van der Waals surface area (Å²) in [5.41, 5.74) is 5.12. The van der Waals surface area contributed by atoms with Crippen LogP contribution < -0.4 is 10.8 Å². The molecule has 3 N–H and O–H groups in total. The van der Waals surface area contributed by atoms with E-state index in [0.717, 1.165) is 30.1 Å². The minimum Gasteiger partial charge on any atom is -0.475 e. The van der Waals surface area contributed by atoms with Gasteiger partial charge in [-0.25, -0.2) is 28.1 Å². The van der Waals surface area contributed by atoms with Crippen molar-refractivity contribution < 1.29 is 41.2 Å². The molecule has 16 heteroatoms. The number of likely N-dealkylation sites (N-methyl/N-ethyl adjacent to an activating group) is 1. The highest BCUT2D eigenvalue weighted by Crippen LogP contribution is 2.29. The lowest BCUT2D eigenvalue weighted by molar-refractivity contribution is -0.192. The summed E-state index contributed by atoms with van der Waals surface area (Å²) in [6.45, 7) is 2.31. The predicted octanol–water partition coefficient (Wildman–Crippen LogP) is 1.33. The second-order valence-corrected chi connectivity index (χ2v) is 10.7. The summed E-state index contributed by atoms with van der Waals surface area (Å²) in [5.74, 6) is -1.94. The van der Waals surface area contributed by atoms with Gasteiger partial charge in [0.1, 0.15) is 16.4 Å². The number of aliphatic imine (C=N–C) groups is 1. The fourth-order valence-electron chi connectivity index (χ4n) is 3.63. The van der Waals surface area contributed by atoms with E-state index in [-0.39, 0.29) is 23.8 Å². The number of carbonyl (C=O) groups excluding carboxylic acids is 1. The van der Waals surface area contributed by atoms with E-state index < -0.39 is 22.2 Å².